The third-order valence-electron chi connectivity index (χ3n) is 22.5. The molecule has 0 amide bonds. The molecule has 112 heavy (non-hydrogen) atoms. The number of fused-ring (bicyclic) bond motifs is 9. The lowest BCUT2D eigenvalue weighted by molar-refractivity contribution is 1.28. The molecule has 0 aliphatic carbocycles. The maximum atomic E-state index is 2.45. The van der Waals surface area contributed by atoms with Gasteiger partial charge in [-0.25, -0.2) is 0 Å². The molecule has 21 rings (SSSR count). The standard InChI is InChI=1S/C108H70N2S2/c1-3-27-89-77(19-1)21-15-33-91(89)82-23-13-25-84(67-82)94-29-5-9-38-102(94)109(87-61-53-75(54-62-87)80-57-65-107-100(69-80)98-31-7-11-41-105(98)111-107)86-59-51-74(52-60-86)72-45-43-71(44-46-72)73-47-49-79(50-48-73)90-34-17-37-97-92(35-18-36-96(90)97)83-24-14-26-85(68-83)95-30-6-10-39-103(95)110(104-40-16-22-78-20-2-4-28-93(78)104)88-63-55-76(56-64-88)81-58-66-108-101(70-81)99-32-8-12-42-106(99)112-108/h1-70H. The first-order valence-electron chi connectivity index (χ1n) is 38.3. The minimum atomic E-state index is 1.07. The SMILES string of the molecule is c1cc(-c2ccccc2N(c2ccc(-c3ccc(-c4ccc(-c5cccc6c(-c7cccc(-c8ccccc8N(c8ccc(-c9ccc%10sc%11ccccc%11c%10c9)cc8)c8cccc9ccccc89)c7)cccc56)cc4)cc3)cc2)c2ccc(-c3ccc4sc5ccccc5c4c3)cc2)cc(-c2cccc3ccccc23)c1. The van der Waals surface area contributed by atoms with Gasteiger partial charge in [0.05, 0.1) is 17.1 Å². The van der Waals surface area contributed by atoms with Crippen molar-refractivity contribution in [2.45, 2.75) is 0 Å². The Bertz CT molecular complexity index is 7160. The molecule has 0 bridgehead atoms. The van der Waals surface area contributed by atoms with Gasteiger partial charge in [0.15, 0.2) is 0 Å². The van der Waals surface area contributed by atoms with E-state index in [0.717, 1.165) is 67.5 Å². The molecule has 4 heteroatoms. The highest BCUT2D eigenvalue weighted by Gasteiger charge is 2.23. The molecule has 2 aromatic heterocycles. The monoisotopic (exact) mass is 1460 g/mol. The topological polar surface area (TPSA) is 6.48 Å². The summed E-state index contributed by atoms with van der Waals surface area (Å²) >= 11 is 3.72. The molecular weight excluding hydrogens is 1390 g/mol. The Balaban J connectivity index is 0.565. The number of nitrogens with zero attached hydrogens (tertiary/aromatic N) is 2. The van der Waals surface area contributed by atoms with E-state index in [2.05, 4.69) is 434 Å². The molecule has 0 saturated heterocycles. The minimum absolute atomic E-state index is 1.07. The molecule has 0 saturated carbocycles. The normalized spacial score (nSPS) is 11.6. The molecule has 21 aromatic rings. The Hall–Kier alpha value is -14.0. The van der Waals surface area contributed by atoms with Crippen LogP contribution in [0.4, 0.5) is 34.1 Å². The van der Waals surface area contributed by atoms with Crippen LogP contribution in [0.3, 0.4) is 0 Å². The van der Waals surface area contributed by atoms with Crippen LogP contribution in [0.15, 0.2) is 425 Å². The zero-order chi connectivity index (χ0) is 74.0. The molecule has 0 radical (unpaired) electrons. The molecule has 2 nitrogen and oxygen atoms in total. The molecule has 0 N–H and O–H groups in total. The van der Waals surface area contributed by atoms with Crippen molar-refractivity contribution in [1.82, 2.24) is 0 Å². The average molecular weight is 1460 g/mol. The maximum absolute atomic E-state index is 2.45. The number of thiophene rings is 2. The minimum Gasteiger partial charge on any atom is -0.310 e. The number of hydrogen-bond acceptors (Lipinski definition) is 4. The van der Waals surface area contributed by atoms with Crippen molar-refractivity contribution in [2.75, 3.05) is 9.80 Å². The highest BCUT2D eigenvalue weighted by molar-refractivity contribution is 7.26. The first-order chi connectivity index (χ1) is 55.5. The van der Waals surface area contributed by atoms with Crippen molar-refractivity contribution >= 4 is 129 Å². The van der Waals surface area contributed by atoms with Crippen molar-refractivity contribution in [3.63, 3.8) is 0 Å². The van der Waals surface area contributed by atoms with Gasteiger partial charge in [-0.3, -0.25) is 0 Å². The summed E-state index contributed by atoms with van der Waals surface area (Å²) in [6.45, 7) is 0. The summed E-state index contributed by atoms with van der Waals surface area (Å²) in [6, 6.07) is 157. The average Bonchev–Trinajstić information content (AvgIpc) is 1.50. The van der Waals surface area contributed by atoms with Gasteiger partial charge < -0.3 is 9.80 Å². The van der Waals surface area contributed by atoms with E-state index in [1.165, 1.54) is 139 Å². The van der Waals surface area contributed by atoms with Crippen LogP contribution in [-0.4, -0.2) is 0 Å². The van der Waals surface area contributed by atoms with Crippen LogP contribution in [-0.2, 0) is 0 Å². The summed E-state index contributed by atoms with van der Waals surface area (Å²) in [6.07, 6.45) is 0. The largest absolute Gasteiger partial charge is 0.310 e. The molecule has 0 aliphatic heterocycles. The number of hydrogen-bond donors (Lipinski definition) is 0. The highest BCUT2D eigenvalue weighted by atomic mass is 32.1. The van der Waals surface area contributed by atoms with Crippen molar-refractivity contribution in [3.05, 3.63) is 425 Å². The van der Waals surface area contributed by atoms with E-state index in [-0.39, 0.29) is 0 Å². The number of rotatable bonds is 15. The van der Waals surface area contributed by atoms with Gasteiger partial charge in [0.2, 0.25) is 0 Å². The molecule has 0 atom stereocenters. The van der Waals surface area contributed by atoms with Crippen LogP contribution in [0.5, 0.6) is 0 Å². The summed E-state index contributed by atoms with van der Waals surface area (Å²) in [5.41, 5.74) is 27.8. The predicted molar refractivity (Wildman–Crippen MR) is 483 cm³/mol. The Labute approximate surface area is 659 Å². The molecule has 0 unspecified atom stereocenters. The van der Waals surface area contributed by atoms with E-state index in [9.17, 15) is 0 Å². The van der Waals surface area contributed by atoms with E-state index in [0.29, 0.717) is 0 Å². The molecular formula is C108H70N2S2. The first-order valence-corrected chi connectivity index (χ1v) is 40.0. The fourth-order valence-electron chi connectivity index (χ4n) is 17.0. The zero-order valence-corrected chi connectivity index (χ0v) is 62.8. The predicted octanol–water partition coefficient (Wildman–Crippen LogP) is 31.8. The van der Waals surface area contributed by atoms with Gasteiger partial charge in [-0.2, -0.15) is 0 Å². The number of benzene rings is 19. The maximum Gasteiger partial charge on any atom is 0.0540 e. The second-order valence-electron chi connectivity index (χ2n) is 29.0. The Morgan fingerprint density at radius 1 is 0.143 bits per heavy atom. The molecule has 2 heterocycles. The second-order valence-corrected chi connectivity index (χ2v) is 31.2. The van der Waals surface area contributed by atoms with Gasteiger partial charge in [0, 0.05) is 73.9 Å². The molecule has 524 valence electrons. The Kier molecular flexibility index (Phi) is 16.7. The van der Waals surface area contributed by atoms with Gasteiger partial charge in [-0.1, -0.05) is 322 Å². The molecule has 0 aliphatic rings. The smallest absolute Gasteiger partial charge is 0.0540 e. The van der Waals surface area contributed by atoms with E-state index >= 15 is 0 Å². The third-order valence-corrected chi connectivity index (χ3v) is 24.8. The van der Waals surface area contributed by atoms with Gasteiger partial charge >= 0.3 is 0 Å². The molecule has 19 aromatic carbocycles. The van der Waals surface area contributed by atoms with E-state index in [4.69, 9.17) is 0 Å². The van der Waals surface area contributed by atoms with E-state index in [1.54, 1.807) is 0 Å². The fourth-order valence-corrected chi connectivity index (χ4v) is 19.2. The lowest BCUT2D eigenvalue weighted by Gasteiger charge is -2.29. The quantitative estimate of drug-likeness (QED) is 0.101. The van der Waals surface area contributed by atoms with Crippen molar-refractivity contribution in [3.8, 4) is 100 Å². The summed E-state index contributed by atoms with van der Waals surface area (Å²) in [5, 5.41) is 12.5. The van der Waals surface area contributed by atoms with Crippen LogP contribution < -0.4 is 9.80 Å². The number of para-hydroxylation sites is 2. The summed E-state index contributed by atoms with van der Waals surface area (Å²) in [5.74, 6) is 0. The first kappa shape index (κ1) is 66.2. The number of anilines is 6. The lowest BCUT2D eigenvalue weighted by Crippen LogP contribution is -2.11. The molecule has 0 fully saturated rings. The van der Waals surface area contributed by atoms with Crippen LogP contribution in [0.25, 0.3) is 173 Å². The van der Waals surface area contributed by atoms with E-state index < -0.39 is 0 Å². The zero-order valence-electron chi connectivity index (χ0n) is 61.1. The lowest BCUT2D eigenvalue weighted by atomic mass is 9.91. The Morgan fingerprint density at radius 3 is 0.929 bits per heavy atom. The van der Waals surface area contributed by atoms with Gasteiger partial charge in [-0.15, -0.1) is 22.7 Å². The van der Waals surface area contributed by atoms with Crippen LogP contribution in [0.1, 0.15) is 0 Å². The third kappa shape index (κ3) is 12.1. The van der Waals surface area contributed by atoms with Gasteiger partial charge in [0.25, 0.3) is 0 Å². The summed E-state index contributed by atoms with van der Waals surface area (Å²) in [7, 11) is 0. The Morgan fingerprint density at radius 2 is 0.429 bits per heavy atom. The highest BCUT2D eigenvalue weighted by Crippen LogP contribution is 2.49. The second kappa shape index (κ2) is 28.2. The van der Waals surface area contributed by atoms with Crippen LogP contribution >= 0.6 is 22.7 Å². The molecule has 0 spiro atoms. The van der Waals surface area contributed by atoms with Crippen molar-refractivity contribution < 1.29 is 0 Å². The fraction of sp³-hybridized carbons (Fsp3) is 0. The van der Waals surface area contributed by atoms with Gasteiger partial charge in [-0.05, 0) is 219 Å². The van der Waals surface area contributed by atoms with Crippen LogP contribution in [0.2, 0.25) is 0 Å². The summed E-state index contributed by atoms with van der Waals surface area (Å²) in [4.78, 5) is 4.87. The van der Waals surface area contributed by atoms with E-state index in [1.807, 2.05) is 22.7 Å². The summed E-state index contributed by atoms with van der Waals surface area (Å²) < 4.78 is 5.25. The van der Waals surface area contributed by atoms with Crippen molar-refractivity contribution in [2.24, 2.45) is 0 Å². The van der Waals surface area contributed by atoms with Crippen molar-refractivity contribution in [1.29, 1.82) is 0 Å². The van der Waals surface area contributed by atoms with Crippen LogP contribution in [0, 0.1) is 0 Å². The van der Waals surface area contributed by atoms with Gasteiger partial charge in [0.1, 0.15) is 0 Å².